The SMILES string of the molecule is Cc1ccc(C)c(S(=O)(=O)N2CCCC(Oc3cnccn3)C2)c1. The van der Waals surface area contributed by atoms with E-state index in [4.69, 9.17) is 4.74 Å². The Kier molecular flexibility index (Phi) is 4.82. The van der Waals surface area contributed by atoms with Crippen molar-refractivity contribution >= 4 is 10.0 Å². The zero-order valence-electron chi connectivity index (χ0n) is 13.8. The van der Waals surface area contributed by atoms with Crippen LogP contribution in [0.3, 0.4) is 0 Å². The Labute approximate surface area is 142 Å². The molecule has 2 aromatic rings. The minimum atomic E-state index is -3.52. The minimum absolute atomic E-state index is 0.213. The molecule has 0 aliphatic carbocycles. The Bertz CT molecular complexity index is 809. The molecule has 0 radical (unpaired) electrons. The predicted molar refractivity (Wildman–Crippen MR) is 90.4 cm³/mol. The second-order valence-corrected chi connectivity index (χ2v) is 7.96. The topological polar surface area (TPSA) is 72.4 Å². The third kappa shape index (κ3) is 3.57. The van der Waals surface area contributed by atoms with Gasteiger partial charge in [0.05, 0.1) is 17.6 Å². The van der Waals surface area contributed by atoms with Crippen LogP contribution in [0.5, 0.6) is 5.88 Å². The van der Waals surface area contributed by atoms with Crippen molar-refractivity contribution in [2.24, 2.45) is 0 Å². The fourth-order valence-electron chi connectivity index (χ4n) is 2.86. The lowest BCUT2D eigenvalue weighted by Gasteiger charge is -2.32. The minimum Gasteiger partial charge on any atom is -0.472 e. The Hall–Kier alpha value is -1.99. The average Bonchev–Trinajstić information content (AvgIpc) is 2.58. The van der Waals surface area contributed by atoms with Gasteiger partial charge in [0, 0.05) is 18.9 Å². The first-order chi connectivity index (χ1) is 11.5. The first kappa shape index (κ1) is 16.9. The average molecular weight is 347 g/mol. The number of piperidine rings is 1. The molecule has 1 atom stereocenters. The largest absolute Gasteiger partial charge is 0.472 e. The van der Waals surface area contributed by atoms with Gasteiger partial charge in [-0.25, -0.2) is 13.4 Å². The van der Waals surface area contributed by atoms with Gasteiger partial charge in [0.25, 0.3) is 0 Å². The summed E-state index contributed by atoms with van der Waals surface area (Å²) in [6, 6.07) is 5.50. The second kappa shape index (κ2) is 6.86. The molecule has 0 spiro atoms. The van der Waals surface area contributed by atoms with Crippen LogP contribution >= 0.6 is 0 Å². The Balaban J connectivity index is 1.79. The first-order valence-electron chi connectivity index (χ1n) is 7.97. The molecular weight excluding hydrogens is 326 g/mol. The lowest BCUT2D eigenvalue weighted by atomic mass is 10.1. The van der Waals surface area contributed by atoms with E-state index in [0.29, 0.717) is 23.9 Å². The summed E-state index contributed by atoms with van der Waals surface area (Å²) in [4.78, 5) is 8.44. The van der Waals surface area contributed by atoms with Gasteiger partial charge >= 0.3 is 0 Å². The van der Waals surface area contributed by atoms with E-state index in [1.54, 1.807) is 18.5 Å². The maximum atomic E-state index is 13.0. The van der Waals surface area contributed by atoms with Gasteiger partial charge in [-0.3, -0.25) is 4.98 Å². The molecule has 2 heterocycles. The van der Waals surface area contributed by atoms with Crippen LogP contribution < -0.4 is 4.74 Å². The van der Waals surface area contributed by atoms with Crippen molar-refractivity contribution in [3.8, 4) is 5.88 Å². The molecule has 0 N–H and O–H groups in total. The quantitative estimate of drug-likeness (QED) is 0.849. The van der Waals surface area contributed by atoms with Crippen molar-refractivity contribution in [3.63, 3.8) is 0 Å². The summed E-state index contributed by atoms with van der Waals surface area (Å²) in [5.74, 6) is 0.425. The maximum Gasteiger partial charge on any atom is 0.243 e. The number of sulfonamides is 1. The zero-order valence-corrected chi connectivity index (χ0v) is 14.7. The van der Waals surface area contributed by atoms with E-state index in [9.17, 15) is 8.42 Å². The highest BCUT2D eigenvalue weighted by Gasteiger charge is 2.32. The van der Waals surface area contributed by atoms with E-state index < -0.39 is 10.0 Å². The van der Waals surface area contributed by atoms with E-state index >= 15 is 0 Å². The number of aromatic nitrogens is 2. The van der Waals surface area contributed by atoms with Gasteiger partial charge in [-0.05, 0) is 43.9 Å². The van der Waals surface area contributed by atoms with E-state index in [-0.39, 0.29) is 6.10 Å². The number of hydrogen-bond donors (Lipinski definition) is 0. The highest BCUT2D eigenvalue weighted by molar-refractivity contribution is 7.89. The first-order valence-corrected chi connectivity index (χ1v) is 9.41. The van der Waals surface area contributed by atoms with Crippen molar-refractivity contribution in [1.29, 1.82) is 0 Å². The molecule has 128 valence electrons. The summed E-state index contributed by atoms with van der Waals surface area (Å²) >= 11 is 0. The van der Waals surface area contributed by atoms with Crippen molar-refractivity contribution < 1.29 is 13.2 Å². The molecule has 0 saturated carbocycles. The summed E-state index contributed by atoms with van der Waals surface area (Å²) in [6.45, 7) is 4.56. The van der Waals surface area contributed by atoms with Crippen LogP contribution in [0.25, 0.3) is 0 Å². The fraction of sp³-hybridized carbons (Fsp3) is 0.412. The lowest BCUT2D eigenvalue weighted by Crippen LogP contribution is -2.44. The number of nitrogens with zero attached hydrogens (tertiary/aromatic N) is 3. The van der Waals surface area contributed by atoms with Crippen molar-refractivity contribution in [2.75, 3.05) is 13.1 Å². The molecule has 3 rings (SSSR count). The molecule has 1 aliphatic rings. The molecule has 0 amide bonds. The number of aryl methyl sites for hydroxylation is 2. The summed E-state index contributed by atoms with van der Waals surface area (Å²) in [6.07, 6.45) is 6.02. The molecule has 0 bridgehead atoms. The van der Waals surface area contributed by atoms with Gasteiger partial charge in [-0.15, -0.1) is 0 Å². The Morgan fingerprint density at radius 1 is 1.25 bits per heavy atom. The fourth-order valence-corrected chi connectivity index (χ4v) is 4.68. The van der Waals surface area contributed by atoms with E-state index in [0.717, 1.165) is 24.0 Å². The Morgan fingerprint density at radius 2 is 2.08 bits per heavy atom. The Morgan fingerprint density at radius 3 is 2.83 bits per heavy atom. The lowest BCUT2D eigenvalue weighted by molar-refractivity contribution is 0.124. The number of rotatable bonds is 4. The normalized spacial score (nSPS) is 19.2. The molecule has 1 unspecified atom stereocenters. The third-order valence-electron chi connectivity index (χ3n) is 4.13. The molecule has 1 saturated heterocycles. The van der Waals surface area contributed by atoms with Gasteiger partial charge in [-0.2, -0.15) is 4.31 Å². The van der Waals surface area contributed by atoms with Gasteiger partial charge in [0.1, 0.15) is 6.10 Å². The van der Waals surface area contributed by atoms with Crippen LogP contribution in [-0.4, -0.2) is 41.9 Å². The van der Waals surface area contributed by atoms with Gasteiger partial charge < -0.3 is 4.74 Å². The predicted octanol–water partition coefficient (Wildman–Crippen LogP) is 2.33. The third-order valence-corrected chi connectivity index (χ3v) is 6.14. The van der Waals surface area contributed by atoms with E-state index in [2.05, 4.69) is 9.97 Å². The molecule has 24 heavy (non-hydrogen) atoms. The van der Waals surface area contributed by atoms with E-state index in [1.807, 2.05) is 26.0 Å². The molecule has 1 fully saturated rings. The van der Waals surface area contributed by atoms with Gasteiger partial charge in [0.15, 0.2) is 0 Å². The second-order valence-electron chi connectivity index (χ2n) is 6.06. The van der Waals surface area contributed by atoms with Crippen LogP contribution in [0.1, 0.15) is 24.0 Å². The van der Waals surface area contributed by atoms with Crippen LogP contribution in [0, 0.1) is 13.8 Å². The molecule has 6 nitrogen and oxygen atoms in total. The van der Waals surface area contributed by atoms with Crippen LogP contribution in [0.15, 0.2) is 41.7 Å². The van der Waals surface area contributed by atoms with Crippen LogP contribution in [0.2, 0.25) is 0 Å². The summed E-state index contributed by atoms with van der Waals surface area (Å²) in [7, 11) is -3.52. The highest BCUT2D eigenvalue weighted by atomic mass is 32.2. The molecule has 7 heteroatoms. The summed E-state index contributed by atoms with van der Waals surface area (Å²) in [5.41, 5.74) is 1.70. The number of benzene rings is 1. The van der Waals surface area contributed by atoms with Crippen LogP contribution in [0.4, 0.5) is 0 Å². The highest BCUT2D eigenvalue weighted by Crippen LogP contribution is 2.25. The molecule has 1 aliphatic heterocycles. The van der Waals surface area contributed by atoms with E-state index in [1.165, 1.54) is 10.5 Å². The number of hydrogen-bond acceptors (Lipinski definition) is 5. The molecule has 1 aromatic heterocycles. The molecule has 1 aromatic carbocycles. The van der Waals surface area contributed by atoms with Gasteiger partial charge in [-0.1, -0.05) is 12.1 Å². The summed E-state index contributed by atoms with van der Waals surface area (Å²) < 4.78 is 33.3. The molecular formula is C17H21N3O3S. The van der Waals surface area contributed by atoms with Crippen LogP contribution in [-0.2, 0) is 10.0 Å². The van der Waals surface area contributed by atoms with Gasteiger partial charge in [0.2, 0.25) is 15.9 Å². The van der Waals surface area contributed by atoms with Crippen molar-refractivity contribution in [3.05, 3.63) is 47.9 Å². The monoisotopic (exact) mass is 347 g/mol. The maximum absolute atomic E-state index is 13.0. The van der Waals surface area contributed by atoms with Crippen molar-refractivity contribution in [1.82, 2.24) is 14.3 Å². The standard InChI is InChI=1S/C17H21N3O3S/c1-13-5-6-14(2)16(10-13)24(21,22)20-9-3-4-15(12-20)23-17-11-18-7-8-19-17/h5-8,10-11,15H,3-4,9,12H2,1-2H3. The zero-order chi connectivity index (χ0) is 17.2. The number of ether oxygens (including phenoxy) is 1. The summed E-state index contributed by atoms with van der Waals surface area (Å²) in [5, 5.41) is 0. The smallest absolute Gasteiger partial charge is 0.243 e. The van der Waals surface area contributed by atoms with Crippen molar-refractivity contribution in [2.45, 2.75) is 37.7 Å².